The van der Waals surface area contributed by atoms with Crippen molar-refractivity contribution in [1.82, 2.24) is 4.90 Å². The van der Waals surface area contributed by atoms with Crippen LogP contribution in [0.15, 0.2) is 11.3 Å². The summed E-state index contributed by atoms with van der Waals surface area (Å²) < 4.78 is 0. The lowest BCUT2D eigenvalue weighted by Crippen LogP contribution is -2.37. The van der Waals surface area contributed by atoms with Gasteiger partial charge < -0.3 is 14.8 Å². The van der Waals surface area contributed by atoms with E-state index in [4.69, 9.17) is 0 Å². The summed E-state index contributed by atoms with van der Waals surface area (Å²) in [5, 5.41) is 11.0. The molecule has 0 fully saturated rings. The Kier molecular flexibility index (Phi) is 6.00. The zero-order chi connectivity index (χ0) is 11.1. The molecule has 0 saturated heterocycles. The van der Waals surface area contributed by atoms with Crippen LogP contribution in [-0.4, -0.2) is 24.0 Å². The minimum Gasteiger partial charge on any atom is -0.543 e. The molecule has 0 heterocycles. The van der Waals surface area contributed by atoms with Gasteiger partial charge >= 0.3 is 0 Å². The average Bonchev–Trinajstić information content (AvgIpc) is 2.18. The van der Waals surface area contributed by atoms with E-state index in [-0.39, 0.29) is 0 Å². The number of hydrogen-bond acceptors (Lipinski definition) is 3. The Morgan fingerprint density at radius 1 is 1.07 bits per heavy atom. The molecule has 0 bridgehead atoms. The molecule has 3 nitrogen and oxygen atoms in total. The molecular formula is C11H20NO2-. The summed E-state index contributed by atoms with van der Waals surface area (Å²) in [4.78, 5) is 12.9. The fraction of sp³-hybridized carbons (Fsp3) is 0.727. The molecule has 0 aromatic rings. The first-order chi connectivity index (χ1) is 6.62. The van der Waals surface area contributed by atoms with Crippen molar-refractivity contribution in [3.05, 3.63) is 11.3 Å². The summed E-state index contributed by atoms with van der Waals surface area (Å²) >= 11 is 0. The Morgan fingerprint density at radius 3 is 1.71 bits per heavy atom. The zero-order valence-corrected chi connectivity index (χ0v) is 9.59. The van der Waals surface area contributed by atoms with Crippen molar-refractivity contribution >= 4 is 5.97 Å². The first-order valence-electron chi connectivity index (χ1n) is 5.30. The van der Waals surface area contributed by atoms with Gasteiger partial charge in [0.1, 0.15) is 0 Å². The Morgan fingerprint density at radius 2 is 1.50 bits per heavy atom. The topological polar surface area (TPSA) is 43.4 Å². The van der Waals surface area contributed by atoms with Crippen LogP contribution >= 0.6 is 0 Å². The highest BCUT2D eigenvalue weighted by Crippen LogP contribution is 2.16. The molecule has 0 spiro atoms. The van der Waals surface area contributed by atoms with Crippen molar-refractivity contribution in [2.24, 2.45) is 0 Å². The van der Waals surface area contributed by atoms with Gasteiger partial charge in [-0.15, -0.1) is 0 Å². The number of carboxylic acids is 1. The fourth-order valence-corrected chi connectivity index (χ4v) is 1.62. The number of allylic oxidation sites excluding steroid dienone is 1. The Balaban J connectivity index is 5.08. The fourth-order valence-electron chi connectivity index (χ4n) is 1.62. The van der Waals surface area contributed by atoms with Crippen molar-refractivity contribution in [3.63, 3.8) is 0 Å². The SMILES string of the molecule is CCC(CC)=C(C(=O)[O-])N(CC)CC. The van der Waals surface area contributed by atoms with Gasteiger partial charge in [-0.1, -0.05) is 13.8 Å². The van der Waals surface area contributed by atoms with E-state index < -0.39 is 5.97 Å². The van der Waals surface area contributed by atoms with E-state index in [0.717, 1.165) is 18.4 Å². The summed E-state index contributed by atoms with van der Waals surface area (Å²) in [6.45, 7) is 9.29. The predicted octanol–water partition coefficient (Wildman–Crippen LogP) is 1.15. The maximum atomic E-state index is 11.0. The highest BCUT2D eigenvalue weighted by Gasteiger charge is 2.10. The number of likely N-dealkylation sites (N-methyl/N-ethyl adjacent to an activating group) is 1. The lowest BCUT2D eigenvalue weighted by Gasteiger charge is -2.28. The van der Waals surface area contributed by atoms with Gasteiger partial charge in [0.2, 0.25) is 0 Å². The van der Waals surface area contributed by atoms with Gasteiger partial charge in [-0.25, -0.2) is 0 Å². The van der Waals surface area contributed by atoms with Gasteiger partial charge in [-0.05, 0) is 32.3 Å². The minimum atomic E-state index is -1.05. The maximum absolute atomic E-state index is 11.0. The van der Waals surface area contributed by atoms with E-state index >= 15 is 0 Å². The summed E-state index contributed by atoms with van der Waals surface area (Å²) in [6.07, 6.45) is 1.55. The number of carbonyl (C=O) groups is 1. The van der Waals surface area contributed by atoms with E-state index in [1.807, 2.05) is 32.6 Å². The Hall–Kier alpha value is -0.990. The molecule has 0 unspecified atom stereocenters. The smallest absolute Gasteiger partial charge is 0.0876 e. The second-order valence-electron chi connectivity index (χ2n) is 3.12. The van der Waals surface area contributed by atoms with Gasteiger partial charge in [-0.2, -0.15) is 0 Å². The van der Waals surface area contributed by atoms with Gasteiger partial charge in [0.05, 0.1) is 11.7 Å². The molecule has 14 heavy (non-hydrogen) atoms. The lowest BCUT2D eigenvalue weighted by atomic mass is 10.1. The number of carbonyl (C=O) groups excluding carboxylic acids is 1. The van der Waals surface area contributed by atoms with Crippen LogP contribution in [0, 0.1) is 0 Å². The largest absolute Gasteiger partial charge is 0.543 e. The van der Waals surface area contributed by atoms with Crippen LogP contribution < -0.4 is 5.11 Å². The van der Waals surface area contributed by atoms with Crippen molar-refractivity contribution in [1.29, 1.82) is 0 Å². The molecule has 3 heteroatoms. The van der Waals surface area contributed by atoms with Crippen LogP contribution in [0.25, 0.3) is 0 Å². The molecule has 0 aromatic carbocycles. The van der Waals surface area contributed by atoms with Crippen molar-refractivity contribution in [3.8, 4) is 0 Å². The van der Waals surface area contributed by atoms with E-state index in [1.165, 1.54) is 0 Å². The molecule has 0 rings (SSSR count). The monoisotopic (exact) mass is 198 g/mol. The summed E-state index contributed by atoms with van der Waals surface area (Å²) in [6, 6.07) is 0. The van der Waals surface area contributed by atoms with Crippen LogP contribution in [0.3, 0.4) is 0 Å². The molecule has 0 aliphatic rings. The van der Waals surface area contributed by atoms with Crippen LogP contribution in [-0.2, 0) is 4.79 Å². The molecule has 0 atom stereocenters. The quantitative estimate of drug-likeness (QED) is 0.601. The second-order valence-corrected chi connectivity index (χ2v) is 3.12. The van der Waals surface area contributed by atoms with Crippen LogP contribution in [0.5, 0.6) is 0 Å². The highest BCUT2D eigenvalue weighted by molar-refractivity contribution is 5.85. The number of aliphatic carboxylic acids is 1. The molecule has 0 amide bonds. The van der Waals surface area contributed by atoms with Crippen molar-refractivity contribution in [2.45, 2.75) is 40.5 Å². The molecule has 82 valence electrons. The summed E-state index contributed by atoms with van der Waals surface area (Å²) in [5.74, 6) is -1.05. The number of hydrogen-bond donors (Lipinski definition) is 0. The number of rotatable bonds is 6. The molecule has 0 saturated carbocycles. The molecular weight excluding hydrogens is 178 g/mol. The second kappa shape index (κ2) is 6.46. The van der Waals surface area contributed by atoms with Gasteiger partial charge in [-0.3, -0.25) is 0 Å². The van der Waals surface area contributed by atoms with E-state index in [0.29, 0.717) is 18.8 Å². The Labute approximate surface area is 86.4 Å². The van der Waals surface area contributed by atoms with E-state index in [1.54, 1.807) is 0 Å². The molecule has 0 N–H and O–H groups in total. The van der Waals surface area contributed by atoms with E-state index in [9.17, 15) is 9.90 Å². The standard InChI is InChI=1S/C11H21NO2/c1-5-9(6-2)10(11(13)14)12(7-3)8-4/h5-8H2,1-4H3,(H,13,14)/p-1. The number of nitrogens with zero attached hydrogens (tertiary/aromatic N) is 1. The molecule has 0 aliphatic heterocycles. The first-order valence-corrected chi connectivity index (χ1v) is 5.30. The predicted molar refractivity (Wildman–Crippen MR) is 55.5 cm³/mol. The zero-order valence-electron chi connectivity index (χ0n) is 9.59. The lowest BCUT2D eigenvalue weighted by molar-refractivity contribution is -0.301. The van der Waals surface area contributed by atoms with Crippen LogP contribution in [0.4, 0.5) is 0 Å². The van der Waals surface area contributed by atoms with Crippen molar-refractivity contribution in [2.75, 3.05) is 13.1 Å². The maximum Gasteiger partial charge on any atom is 0.0876 e. The first kappa shape index (κ1) is 13.0. The summed E-state index contributed by atoms with van der Waals surface area (Å²) in [7, 11) is 0. The third kappa shape index (κ3) is 3.05. The molecule has 0 radical (unpaired) electrons. The van der Waals surface area contributed by atoms with Crippen LogP contribution in [0.2, 0.25) is 0 Å². The van der Waals surface area contributed by atoms with E-state index in [2.05, 4.69) is 0 Å². The third-order valence-electron chi connectivity index (χ3n) is 2.46. The van der Waals surface area contributed by atoms with Crippen molar-refractivity contribution < 1.29 is 9.90 Å². The minimum absolute atomic E-state index is 0.389. The third-order valence-corrected chi connectivity index (χ3v) is 2.46. The van der Waals surface area contributed by atoms with Gasteiger partial charge in [0.15, 0.2) is 0 Å². The Bertz CT molecular complexity index is 211. The van der Waals surface area contributed by atoms with Gasteiger partial charge in [0.25, 0.3) is 0 Å². The highest BCUT2D eigenvalue weighted by atomic mass is 16.4. The normalized spacial score (nSPS) is 9.71. The summed E-state index contributed by atoms with van der Waals surface area (Å²) in [5.41, 5.74) is 1.36. The van der Waals surface area contributed by atoms with Gasteiger partial charge in [0, 0.05) is 13.1 Å². The number of carboxylic acid groups (broad SMARTS) is 1. The van der Waals surface area contributed by atoms with Crippen LogP contribution in [0.1, 0.15) is 40.5 Å². The molecule has 0 aromatic heterocycles. The molecule has 0 aliphatic carbocycles. The average molecular weight is 198 g/mol.